The molecule has 0 fully saturated rings. The van der Waals surface area contributed by atoms with Crippen LogP contribution in [0, 0.1) is 0 Å². The van der Waals surface area contributed by atoms with E-state index in [1.807, 2.05) is 60.7 Å². The third-order valence-electron chi connectivity index (χ3n) is 3.36. The Morgan fingerprint density at radius 1 is 1.00 bits per heavy atom. The van der Waals surface area contributed by atoms with Crippen LogP contribution in [0.4, 0.5) is 5.69 Å². The van der Waals surface area contributed by atoms with Crippen molar-refractivity contribution in [2.75, 3.05) is 11.9 Å². The van der Waals surface area contributed by atoms with Crippen molar-refractivity contribution >= 4 is 17.6 Å². The maximum absolute atomic E-state index is 12.2. The van der Waals surface area contributed by atoms with Gasteiger partial charge in [-0.05, 0) is 17.7 Å². The molecule has 2 aromatic carbocycles. The van der Waals surface area contributed by atoms with Crippen molar-refractivity contribution in [3.05, 3.63) is 66.2 Å². The van der Waals surface area contributed by atoms with E-state index in [0.717, 1.165) is 11.3 Å². The van der Waals surface area contributed by atoms with Gasteiger partial charge in [-0.3, -0.25) is 14.7 Å². The number of rotatable bonds is 3. The smallest absolute Gasteiger partial charge is 0.231 e. The molecule has 1 heterocycles. The Morgan fingerprint density at radius 2 is 1.67 bits per heavy atom. The zero-order valence-corrected chi connectivity index (χ0v) is 11.7. The normalized spacial score (nSPS) is 14.8. The predicted octanol–water partition coefficient (Wildman–Crippen LogP) is 2.89. The second-order valence-corrected chi connectivity index (χ2v) is 4.91. The topological polar surface area (TPSA) is 44.7 Å². The van der Waals surface area contributed by atoms with Crippen molar-refractivity contribution in [1.82, 2.24) is 4.90 Å². The monoisotopic (exact) mass is 279 g/mol. The highest BCUT2D eigenvalue weighted by Crippen LogP contribution is 2.14. The van der Waals surface area contributed by atoms with E-state index in [1.165, 1.54) is 0 Å². The first-order chi connectivity index (χ1) is 10.3. The zero-order valence-electron chi connectivity index (χ0n) is 11.7. The van der Waals surface area contributed by atoms with E-state index in [2.05, 4.69) is 10.3 Å². The van der Waals surface area contributed by atoms with Crippen LogP contribution in [0.2, 0.25) is 0 Å². The predicted molar refractivity (Wildman–Crippen MR) is 84.0 cm³/mol. The molecule has 0 radical (unpaired) electrons. The van der Waals surface area contributed by atoms with Crippen LogP contribution in [0.25, 0.3) is 0 Å². The number of nitrogens with one attached hydrogen (secondary N) is 1. The van der Waals surface area contributed by atoms with Crippen LogP contribution in [0.1, 0.15) is 12.0 Å². The van der Waals surface area contributed by atoms with Gasteiger partial charge in [-0.2, -0.15) is 0 Å². The Kier molecular flexibility index (Phi) is 3.96. The Morgan fingerprint density at radius 3 is 2.38 bits per heavy atom. The number of anilines is 1. The summed E-state index contributed by atoms with van der Waals surface area (Å²) < 4.78 is 0. The molecule has 0 unspecified atom stereocenters. The first-order valence-corrected chi connectivity index (χ1v) is 7.04. The molecule has 0 aliphatic carbocycles. The van der Waals surface area contributed by atoms with Gasteiger partial charge in [-0.25, -0.2) is 0 Å². The van der Waals surface area contributed by atoms with E-state index in [-0.39, 0.29) is 5.91 Å². The van der Waals surface area contributed by atoms with E-state index in [1.54, 1.807) is 4.90 Å². The highest BCUT2D eigenvalue weighted by Gasteiger charge is 2.23. The van der Waals surface area contributed by atoms with Crippen molar-refractivity contribution in [2.45, 2.75) is 13.0 Å². The van der Waals surface area contributed by atoms with Gasteiger partial charge in [-0.15, -0.1) is 0 Å². The molecule has 21 heavy (non-hydrogen) atoms. The van der Waals surface area contributed by atoms with E-state index < -0.39 is 0 Å². The maximum atomic E-state index is 12.2. The molecular formula is C17H17N3O. The molecule has 4 nitrogen and oxygen atoms in total. The summed E-state index contributed by atoms with van der Waals surface area (Å²) in [7, 11) is 0. The van der Waals surface area contributed by atoms with Gasteiger partial charge in [0.15, 0.2) is 0 Å². The third kappa shape index (κ3) is 3.28. The molecule has 1 aliphatic rings. The lowest BCUT2D eigenvalue weighted by Crippen LogP contribution is -2.43. The highest BCUT2D eigenvalue weighted by atomic mass is 16.2. The van der Waals surface area contributed by atoms with Gasteiger partial charge in [0.2, 0.25) is 11.9 Å². The summed E-state index contributed by atoms with van der Waals surface area (Å²) in [5, 5.41) is 3.24. The fourth-order valence-electron chi connectivity index (χ4n) is 2.28. The molecule has 1 N–H and O–H groups in total. The molecule has 0 saturated carbocycles. The third-order valence-corrected chi connectivity index (χ3v) is 3.36. The SMILES string of the molecule is O=C1CCN=C(Nc2ccccc2)N1Cc1ccccc1. The summed E-state index contributed by atoms with van der Waals surface area (Å²) in [5.74, 6) is 0.730. The van der Waals surface area contributed by atoms with Crippen LogP contribution >= 0.6 is 0 Å². The summed E-state index contributed by atoms with van der Waals surface area (Å²) >= 11 is 0. The lowest BCUT2D eigenvalue weighted by Gasteiger charge is -2.28. The van der Waals surface area contributed by atoms with E-state index in [9.17, 15) is 4.79 Å². The molecule has 0 saturated heterocycles. The summed E-state index contributed by atoms with van der Waals surface area (Å²) in [6.45, 7) is 1.08. The average Bonchev–Trinajstić information content (AvgIpc) is 2.53. The van der Waals surface area contributed by atoms with Gasteiger partial charge in [0.05, 0.1) is 13.1 Å². The lowest BCUT2D eigenvalue weighted by molar-refractivity contribution is -0.128. The van der Waals surface area contributed by atoms with Crippen LogP contribution in [0.5, 0.6) is 0 Å². The quantitative estimate of drug-likeness (QED) is 0.939. The van der Waals surface area contributed by atoms with Crippen molar-refractivity contribution in [3.8, 4) is 0 Å². The number of carbonyl (C=O) groups is 1. The van der Waals surface area contributed by atoms with E-state index in [0.29, 0.717) is 25.5 Å². The molecule has 1 amide bonds. The van der Waals surface area contributed by atoms with Gasteiger partial charge >= 0.3 is 0 Å². The van der Waals surface area contributed by atoms with Gasteiger partial charge in [-0.1, -0.05) is 48.5 Å². The summed E-state index contributed by atoms with van der Waals surface area (Å²) in [5.41, 5.74) is 2.03. The van der Waals surface area contributed by atoms with Gasteiger partial charge < -0.3 is 5.32 Å². The van der Waals surface area contributed by atoms with Crippen LogP contribution in [0.3, 0.4) is 0 Å². The number of amides is 1. The van der Waals surface area contributed by atoms with Crippen molar-refractivity contribution in [3.63, 3.8) is 0 Å². The number of benzene rings is 2. The Hall–Kier alpha value is -2.62. The fraction of sp³-hybridized carbons (Fsp3) is 0.176. The summed E-state index contributed by atoms with van der Waals surface area (Å²) in [6, 6.07) is 19.7. The largest absolute Gasteiger partial charge is 0.326 e. The van der Waals surface area contributed by atoms with Crippen LogP contribution in [0.15, 0.2) is 65.7 Å². The number of nitrogens with zero attached hydrogens (tertiary/aromatic N) is 2. The highest BCUT2D eigenvalue weighted by molar-refractivity contribution is 6.05. The van der Waals surface area contributed by atoms with Gasteiger partial charge in [0, 0.05) is 12.1 Å². The van der Waals surface area contributed by atoms with Crippen molar-refractivity contribution in [2.24, 2.45) is 4.99 Å². The average molecular weight is 279 g/mol. The van der Waals surface area contributed by atoms with Gasteiger partial charge in [0.1, 0.15) is 0 Å². The number of para-hydroxylation sites is 1. The summed E-state index contributed by atoms with van der Waals surface area (Å²) in [4.78, 5) is 18.4. The van der Waals surface area contributed by atoms with Crippen LogP contribution in [-0.2, 0) is 11.3 Å². The Labute approximate surface area is 124 Å². The number of hydrogen-bond acceptors (Lipinski definition) is 3. The molecular weight excluding hydrogens is 262 g/mol. The van der Waals surface area contributed by atoms with E-state index in [4.69, 9.17) is 0 Å². The molecule has 0 aromatic heterocycles. The van der Waals surface area contributed by atoms with Crippen molar-refractivity contribution < 1.29 is 4.79 Å². The first-order valence-electron chi connectivity index (χ1n) is 7.04. The minimum Gasteiger partial charge on any atom is -0.326 e. The molecule has 4 heteroatoms. The Balaban J connectivity index is 1.80. The fourth-order valence-corrected chi connectivity index (χ4v) is 2.28. The molecule has 0 bridgehead atoms. The second kappa shape index (κ2) is 6.22. The number of guanidine groups is 1. The lowest BCUT2D eigenvalue weighted by atomic mass is 10.2. The minimum atomic E-state index is 0.104. The maximum Gasteiger partial charge on any atom is 0.231 e. The Bertz CT molecular complexity index is 638. The standard InChI is InChI=1S/C17H17N3O/c21-16-11-12-18-17(19-15-9-5-2-6-10-15)20(16)13-14-7-3-1-4-8-14/h1-10H,11-13H2,(H,18,19). The molecule has 106 valence electrons. The summed E-state index contributed by atoms with van der Waals surface area (Å²) in [6.07, 6.45) is 0.465. The number of aliphatic imine (C=N–C) groups is 1. The molecule has 0 spiro atoms. The number of carbonyl (C=O) groups excluding carboxylic acids is 1. The minimum absolute atomic E-state index is 0.104. The molecule has 0 atom stereocenters. The number of hydrogen-bond donors (Lipinski definition) is 1. The second-order valence-electron chi connectivity index (χ2n) is 4.91. The first kappa shape index (κ1) is 13.4. The van der Waals surface area contributed by atoms with Crippen molar-refractivity contribution in [1.29, 1.82) is 0 Å². The van der Waals surface area contributed by atoms with Crippen LogP contribution < -0.4 is 5.32 Å². The van der Waals surface area contributed by atoms with Gasteiger partial charge in [0.25, 0.3) is 0 Å². The zero-order chi connectivity index (χ0) is 14.5. The van der Waals surface area contributed by atoms with Crippen LogP contribution in [-0.4, -0.2) is 23.3 Å². The van der Waals surface area contributed by atoms with E-state index >= 15 is 0 Å². The molecule has 2 aromatic rings. The molecule has 1 aliphatic heterocycles. The molecule has 3 rings (SSSR count).